The van der Waals surface area contributed by atoms with Crippen LogP contribution in [0.2, 0.25) is 0 Å². The molecule has 2 aromatic rings. The van der Waals surface area contributed by atoms with Crippen LogP contribution in [0.3, 0.4) is 0 Å². The molecule has 1 heterocycles. The van der Waals surface area contributed by atoms with Gasteiger partial charge in [-0.2, -0.15) is 0 Å². The highest BCUT2D eigenvalue weighted by molar-refractivity contribution is 5.94. The van der Waals surface area contributed by atoms with Gasteiger partial charge in [-0.1, -0.05) is 6.07 Å². The second-order valence-electron chi connectivity index (χ2n) is 4.74. The molecule has 1 aromatic heterocycles. The lowest BCUT2D eigenvalue weighted by Crippen LogP contribution is -2.32. The Hall–Kier alpha value is -2.76. The number of carbonyl (C=O) groups is 2. The topological polar surface area (TPSA) is 70.5 Å². The van der Waals surface area contributed by atoms with E-state index < -0.39 is 17.7 Å². The number of carboxylic acid groups (broad SMARTS) is 1. The lowest BCUT2D eigenvalue weighted by molar-refractivity contribution is -0.137. The highest BCUT2D eigenvalue weighted by Gasteiger charge is 2.17. The van der Waals surface area contributed by atoms with E-state index in [1.54, 1.807) is 24.5 Å². The fourth-order valence-electron chi connectivity index (χ4n) is 2.00. The summed E-state index contributed by atoms with van der Waals surface area (Å²) in [4.78, 5) is 28.5. The van der Waals surface area contributed by atoms with Crippen molar-refractivity contribution in [1.82, 2.24) is 9.88 Å². The molecule has 1 amide bonds. The van der Waals surface area contributed by atoms with Crippen LogP contribution in [0.1, 0.15) is 22.3 Å². The van der Waals surface area contributed by atoms with Crippen LogP contribution in [-0.4, -0.2) is 33.4 Å². The number of aliphatic carboxylic acids is 1. The predicted octanol–water partition coefficient (Wildman–Crippen LogP) is 2.34. The lowest BCUT2D eigenvalue weighted by atomic mass is 10.1. The molecule has 2 rings (SSSR count). The van der Waals surface area contributed by atoms with E-state index in [0.29, 0.717) is 0 Å². The molecule has 0 aliphatic heterocycles. The Morgan fingerprint density at radius 3 is 2.55 bits per heavy atom. The number of carbonyl (C=O) groups excluding carboxylic acids is 1. The maximum absolute atomic E-state index is 13.3. The minimum atomic E-state index is -0.994. The van der Waals surface area contributed by atoms with Crippen molar-refractivity contribution in [3.63, 3.8) is 0 Å². The van der Waals surface area contributed by atoms with Gasteiger partial charge in [0.05, 0.1) is 6.42 Å². The first-order valence-electron chi connectivity index (χ1n) is 6.72. The molecular weight excluding hydrogens is 287 g/mol. The monoisotopic (exact) mass is 302 g/mol. The summed E-state index contributed by atoms with van der Waals surface area (Å²) < 4.78 is 13.3. The van der Waals surface area contributed by atoms with Gasteiger partial charge in [-0.05, 0) is 35.9 Å². The molecule has 0 saturated carbocycles. The molecule has 5 nitrogen and oxygen atoms in total. The van der Waals surface area contributed by atoms with Crippen molar-refractivity contribution in [2.45, 2.75) is 13.0 Å². The summed E-state index contributed by atoms with van der Waals surface area (Å²) >= 11 is 0. The third kappa shape index (κ3) is 4.37. The van der Waals surface area contributed by atoms with Crippen LogP contribution >= 0.6 is 0 Å². The van der Waals surface area contributed by atoms with Gasteiger partial charge < -0.3 is 10.0 Å². The van der Waals surface area contributed by atoms with Crippen molar-refractivity contribution in [3.05, 3.63) is 65.7 Å². The largest absolute Gasteiger partial charge is 0.481 e. The van der Waals surface area contributed by atoms with E-state index >= 15 is 0 Å². The second kappa shape index (κ2) is 7.31. The van der Waals surface area contributed by atoms with E-state index in [1.165, 1.54) is 23.1 Å². The Bertz CT molecular complexity index is 661. The molecule has 1 aromatic carbocycles. The minimum Gasteiger partial charge on any atom is -0.481 e. The quantitative estimate of drug-likeness (QED) is 0.889. The smallest absolute Gasteiger partial charge is 0.305 e. The lowest BCUT2D eigenvalue weighted by Gasteiger charge is -2.22. The van der Waals surface area contributed by atoms with Gasteiger partial charge >= 0.3 is 5.97 Å². The normalized spacial score (nSPS) is 10.2. The standard InChI is InChI=1S/C16H15FN2O3/c17-14-3-1-2-13(10-14)16(22)19(9-6-15(20)21)11-12-4-7-18-8-5-12/h1-5,7-8,10H,6,9,11H2,(H,20,21). The molecule has 1 N–H and O–H groups in total. The number of pyridine rings is 1. The molecule has 0 saturated heterocycles. The summed E-state index contributed by atoms with van der Waals surface area (Å²) in [6.07, 6.45) is 3.01. The van der Waals surface area contributed by atoms with E-state index in [1.807, 2.05) is 0 Å². The van der Waals surface area contributed by atoms with Gasteiger partial charge in [0.25, 0.3) is 5.91 Å². The number of hydrogen-bond donors (Lipinski definition) is 1. The van der Waals surface area contributed by atoms with E-state index in [4.69, 9.17) is 5.11 Å². The predicted molar refractivity (Wildman–Crippen MR) is 77.6 cm³/mol. The molecule has 6 heteroatoms. The number of halogens is 1. The van der Waals surface area contributed by atoms with Gasteiger partial charge in [-0.15, -0.1) is 0 Å². The van der Waals surface area contributed by atoms with Crippen LogP contribution in [0.15, 0.2) is 48.8 Å². The summed E-state index contributed by atoms with van der Waals surface area (Å²) in [5.74, 6) is -1.91. The number of aromatic nitrogens is 1. The molecule has 22 heavy (non-hydrogen) atoms. The zero-order valence-corrected chi connectivity index (χ0v) is 11.8. The first-order chi connectivity index (χ1) is 10.6. The number of amides is 1. The molecule has 0 aliphatic carbocycles. The molecule has 0 atom stereocenters. The van der Waals surface area contributed by atoms with Crippen molar-refractivity contribution >= 4 is 11.9 Å². The summed E-state index contributed by atoms with van der Waals surface area (Å²) in [7, 11) is 0. The van der Waals surface area contributed by atoms with Gasteiger partial charge in [-0.25, -0.2) is 4.39 Å². The molecule has 114 valence electrons. The number of nitrogens with zero attached hydrogens (tertiary/aromatic N) is 2. The van der Waals surface area contributed by atoms with Crippen LogP contribution in [0.25, 0.3) is 0 Å². The zero-order chi connectivity index (χ0) is 15.9. The van der Waals surface area contributed by atoms with Crippen LogP contribution in [0.4, 0.5) is 4.39 Å². The summed E-state index contributed by atoms with van der Waals surface area (Å²) in [6, 6.07) is 8.83. The molecule has 0 radical (unpaired) electrons. The average molecular weight is 302 g/mol. The molecule has 0 aliphatic rings. The third-order valence-corrected chi connectivity index (χ3v) is 3.08. The van der Waals surface area contributed by atoms with Crippen molar-refractivity contribution in [1.29, 1.82) is 0 Å². The van der Waals surface area contributed by atoms with Crippen LogP contribution < -0.4 is 0 Å². The van der Waals surface area contributed by atoms with Crippen molar-refractivity contribution in [2.24, 2.45) is 0 Å². The Balaban J connectivity index is 2.19. The molecular formula is C16H15FN2O3. The van der Waals surface area contributed by atoms with Gasteiger partial charge in [0.15, 0.2) is 0 Å². The molecule has 0 unspecified atom stereocenters. The fourth-order valence-corrected chi connectivity index (χ4v) is 2.00. The first kappa shape index (κ1) is 15.6. The Morgan fingerprint density at radius 1 is 1.18 bits per heavy atom. The highest BCUT2D eigenvalue weighted by Crippen LogP contribution is 2.12. The zero-order valence-electron chi connectivity index (χ0n) is 11.8. The Kier molecular flexibility index (Phi) is 5.19. The van der Waals surface area contributed by atoms with E-state index in [-0.39, 0.29) is 25.1 Å². The molecule has 0 fully saturated rings. The highest BCUT2D eigenvalue weighted by atomic mass is 19.1. The Labute approximate surface area is 127 Å². The SMILES string of the molecule is O=C(O)CCN(Cc1ccncc1)C(=O)c1cccc(F)c1. The number of benzene rings is 1. The van der Waals surface area contributed by atoms with Crippen LogP contribution in [0.5, 0.6) is 0 Å². The number of carboxylic acids is 1. The summed E-state index contributed by atoms with van der Waals surface area (Å²) in [5, 5.41) is 8.82. The van der Waals surface area contributed by atoms with Crippen molar-refractivity contribution in [2.75, 3.05) is 6.54 Å². The number of hydrogen-bond acceptors (Lipinski definition) is 3. The van der Waals surface area contributed by atoms with E-state index in [0.717, 1.165) is 11.6 Å². The van der Waals surface area contributed by atoms with E-state index in [9.17, 15) is 14.0 Å². The third-order valence-electron chi connectivity index (χ3n) is 3.08. The van der Waals surface area contributed by atoms with Gasteiger partial charge in [0.2, 0.25) is 0 Å². The molecule has 0 bridgehead atoms. The summed E-state index contributed by atoms with van der Waals surface area (Å²) in [6.45, 7) is 0.290. The molecule has 0 spiro atoms. The van der Waals surface area contributed by atoms with Gasteiger partial charge in [-0.3, -0.25) is 14.6 Å². The Morgan fingerprint density at radius 2 is 1.91 bits per heavy atom. The maximum Gasteiger partial charge on any atom is 0.305 e. The second-order valence-corrected chi connectivity index (χ2v) is 4.74. The maximum atomic E-state index is 13.3. The van der Waals surface area contributed by atoms with Gasteiger partial charge in [0.1, 0.15) is 5.82 Å². The first-order valence-corrected chi connectivity index (χ1v) is 6.72. The van der Waals surface area contributed by atoms with Crippen molar-refractivity contribution in [3.8, 4) is 0 Å². The average Bonchev–Trinajstić information content (AvgIpc) is 2.51. The summed E-state index contributed by atoms with van der Waals surface area (Å²) in [5.41, 5.74) is 1.02. The number of rotatable bonds is 6. The fraction of sp³-hybridized carbons (Fsp3) is 0.188. The van der Waals surface area contributed by atoms with Crippen LogP contribution in [-0.2, 0) is 11.3 Å². The van der Waals surface area contributed by atoms with E-state index in [2.05, 4.69) is 4.98 Å². The van der Waals surface area contributed by atoms with Crippen molar-refractivity contribution < 1.29 is 19.1 Å². The van der Waals surface area contributed by atoms with Gasteiger partial charge in [0, 0.05) is 31.0 Å². The minimum absolute atomic E-state index is 0.0486. The van der Waals surface area contributed by atoms with Crippen LogP contribution in [0, 0.1) is 5.82 Å².